The molecule has 2 unspecified atom stereocenters. The molecule has 2 rings (SSSR count). The summed E-state index contributed by atoms with van der Waals surface area (Å²) in [7, 11) is 0. The molecule has 1 saturated heterocycles. The molecule has 106 valence electrons. The van der Waals surface area contributed by atoms with Gasteiger partial charge in [-0.2, -0.15) is 0 Å². The summed E-state index contributed by atoms with van der Waals surface area (Å²) in [5.41, 5.74) is 2.21. The molecule has 0 aliphatic carbocycles. The third kappa shape index (κ3) is 4.02. The van der Waals surface area contributed by atoms with Crippen molar-refractivity contribution in [2.45, 2.75) is 51.7 Å². The van der Waals surface area contributed by atoms with Gasteiger partial charge in [-0.1, -0.05) is 13.0 Å². The summed E-state index contributed by atoms with van der Waals surface area (Å²) in [5, 5.41) is 3.47. The summed E-state index contributed by atoms with van der Waals surface area (Å²) in [5.74, 6) is -0.159. The molecule has 0 bridgehead atoms. The first-order valence-electron chi connectivity index (χ1n) is 7.31. The van der Waals surface area contributed by atoms with Gasteiger partial charge >= 0.3 is 0 Å². The van der Waals surface area contributed by atoms with Gasteiger partial charge in [-0.05, 0) is 62.4 Å². The molecule has 0 radical (unpaired) electrons. The predicted molar refractivity (Wildman–Crippen MR) is 75.8 cm³/mol. The van der Waals surface area contributed by atoms with Crippen molar-refractivity contribution in [1.82, 2.24) is 5.32 Å². The molecule has 0 aromatic heterocycles. The highest BCUT2D eigenvalue weighted by molar-refractivity contribution is 5.29. The van der Waals surface area contributed by atoms with E-state index in [-0.39, 0.29) is 11.9 Å². The third-order valence-electron chi connectivity index (χ3n) is 3.84. The van der Waals surface area contributed by atoms with Crippen molar-refractivity contribution in [2.24, 2.45) is 0 Å². The molecule has 2 nitrogen and oxygen atoms in total. The van der Waals surface area contributed by atoms with Gasteiger partial charge in [0, 0.05) is 12.6 Å². The lowest BCUT2D eigenvalue weighted by Crippen LogP contribution is -2.29. The molecule has 0 saturated carbocycles. The van der Waals surface area contributed by atoms with Crippen LogP contribution in [0.4, 0.5) is 4.39 Å². The van der Waals surface area contributed by atoms with Crippen molar-refractivity contribution >= 4 is 0 Å². The van der Waals surface area contributed by atoms with E-state index in [9.17, 15) is 4.39 Å². The molecule has 0 amide bonds. The van der Waals surface area contributed by atoms with Crippen molar-refractivity contribution in [2.75, 3.05) is 13.2 Å². The van der Waals surface area contributed by atoms with Crippen LogP contribution in [-0.2, 0) is 4.74 Å². The lowest BCUT2D eigenvalue weighted by molar-refractivity contribution is 0.00509. The maximum absolute atomic E-state index is 13.5. The highest BCUT2D eigenvalue weighted by Gasteiger charge is 2.21. The second-order valence-electron chi connectivity index (χ2n) is 5.34. The van der Waals surface area contributed by atoms with Crippen molar-refractivity contribution in [3.8, 4) is 0 Å². The van der Waals surface area contributed by atoms with Crippen LogP contribution in [0.25, 0.3) is 0 Å². The van der Waals surface area contributed by atoms with Crippen LogP contribution in [0.1, 0.15) is 49.8 Å². The van der Waals surface area contributed by atoms with Crippen molar-refractivity contribution in [3.05, 3.63) is 35.1 Å². The minimum absolute atomic E-state index is 0.159. The SMILES string of the molecule is CCNC(CC1CCCCO1)c1cc(F)ccc1C. The maximum Gasteiger partial charge on any atom is 0.123 e. The highest BCUT2D eigenvalue weighted by atomic mass is 19.1. The average molecular weight is 265 g/mol. The molecular formula is C16H24FNO. The molecule has 19 heavy (non-hydrogen) atoms. The minimum Gasteiger partial charge on any atom is -0.378 e. The Balaban J connectivity index is 2.11. The standard InChI is InChI=1S/C16H24FNO/c1-3-18-16(11-14-6-4-5-9-19-14)15-10-13(17)8-7-12(15)2/h7-8,10,14,16,18H,3-6,9,11H2,1-2H3. The molecule has 2 atom stereocenters. The summed E-state index contributed by atoms with van der Waals surface area (Å²) < 4.78 is 19.3. The number of benzene rings is 1. The topological polar surface area (TPSA) is 21.3 Å². The Morgan fingerprint density at radius 1 is 1.42 bits per heavy atom. The number of aryl methyl sites for hydroxylation is 1. The summed E-state index contributed by atoms with van der Waals surface area (Å²) in [6.45, 7) is 5.88. The molecule has 1 aliphatic heterocycles. The number of hydrogen-bond acceptors (Lipinski definition) is 2. The Kier molecular flexibility index (Phi) is 5.34. The molecule has 1 aliphatic rings. The van der Waals surface area contributed by atoms with Gasteiger partial charge in [-0.25, -0.2) is 4.39 Å². The van der Waals surface area contributed by atoms with Crippen LogP contribution < -0.4 is 5.32 Å². The van der Waals surface area contributed by atoms with E-state index in [0.29, 0.717) is 6.10 Å². The number of ether oxygens (including phenoxy) is 1. The minimum atomic E-state index is -0.159. The van der Waals surface area contributed by atoms with Crippen LogP contribution in [0, 0.1) is 12.7 Å². The summed E-state index contributed by atoms with van der Waals surface area (Å²) in [6.07, 6.45) is 4.77. The zero-order valence-electron chi connectivity index (χ0n) is 11.9. The Hall–Kier alpha value is -0.930. The van der Waals surface area contributed by atoms with Gasteiger partial charge < -0.3 is 10.1 Å². The second kappa shape index (κ2) is 7.01. The van der Waals surface area contributed by atoms with E-state index >= 15 is 0 Å². The Morgan fingerprint density at radius 2 is 2.26 bits per heavy atom. The van der Waals surface area contributed by atoms with E-state index in [1.54, 1.807) is 6.07 Å². The molecular weight excluding hydrogens is 241 g/mol. The fraction of sp³-hybridized carbons (Fsp3) is 0.625. The Morgan fingerprint density at radius 3 is 2.95 bits per heavy atom. The molecule has 1 aromatic carbocycles. The predicted octanol–water partition coefficient (Wildman–Crippen LogP) is 3.74. The zero-order valence-corrected chi connectivity index (χ0v) is 11.9. The van der Waals surface area contributed by atoms with E-state index in [1.165, 1.54) is 18.9 Å². The Labute approximate surface area is 115 Å². The van der Waals surface area contributed by atoms with Gasteiger partial charge in [-0.3, -0.25) is 0 Å². The zero-order chi connectivity index (χ0) is 13.7. The summed E-state index contributed by atoms with van der Waals surface area (Å²) >= 11 is 0. The van der Waals surface area contributed by atoms with Crippen molar-refractivity contribution in [1.29, 1.82) is 0 Å². The van der Waals surface area contributed by atoms with Crippen LogP contribution >= 0.6 is 0 Å². The molecule has 0 spiro atoms. The van der Waals surface area contributed by atoms with Crippen molar-refractivity contribution in [3.63, 3.8) is 0 Å². The molecule has 1 heterocycles. The fourth-order valence-corrected chi connectivity index (χ4v) is 2.81. The van der Waals surface area contributed by atoms with E-state index in [4.69, 9.17) is 4.74 Å². The fourth-order valence-electron chi connectivity index (χ4n) is 2.81. The lowest BCUT2D eigenvalue weighted by Gasteiger charge is -2.28. The van der Waals surface area contributed by atoms with Crippen LogP contribution in [0.15, 0.2) is 18.2 Å². The van der Waals surface area contributed by atoms with Crippen LogP contribution in [0.3, 0.4) is 0 Å². The van der Waals surface area contributed by atoms with E-state index in [1.807, 2.05) is 13.0 Å². The Bertz CT molecular complexity index is 402. The molecule has 1 aromatic rings. The van der Waals surface area contributed by atoms with Crippen LogP contribution in [-0.4, -0.2) is 19.3 Å². The van der Waals surface area contributed by atoms with Crippen LogP contribution in [0.5, 0.6) is 0 Å². The van der Waals surface area contributed by atoms with Gasteiger partial charge in [0.2, 0.25) is 0 Å². The summed E-state index contributed by atoms with van der Waals surface area (Å²) in [6, 6.07) is 5.23. The van der Waals surface area contributed by atoms with E-state index < -0.39 is 0 Å². The highest BCUT2D eigenvalue weighted by Crippen LogP contribution is 2.27. The van der Waals surface area contributed by atoms with E-state index in [2.05, 4.69) is 12.2 Å². The largest absolute Gasteiger partial charge is 0.378 e. The number of hydrogen-bond donors (Lipinski definition) is 1. The number of rotatable bonds is 5. The molecule has 3 heteroatoms. The van der Waals surface area contributed by atoms with Gasteiger partial charge in [0.1, 0.15) is 5.82 Å². The maximum atomic E-state index is 13.5. The first-order valence-corrected chi connectivity index (χ1v) is 7.31. The second-order valence-corrected chi connectivity index (χ2v) is 5.34. The van der Waals surface area contributed by atoms with Crippen LogP contribution in [0.2, 0.25) is 0 Å². The van der Waals surface area contributed by atoms with Gasteiger partial charge in [0.25, 0.3) is 0 Å². The number of halogens is 1. The quantitative estimate of drug-likeness (QED) is 0.875. The van der Waals surface area contributed by atoms with Gasteiger partial charge in [0.05, 0.1) is 6.10 Å². The first-order chi connectivity index (χ1) is 9.20. The smallest absolute Gasteiger partial charge is 0.123 e. The van der Waals surface area contributed by atoms with Gasteiger partial charge in [0.15, 0.2) is 0 Å². The monoisotopic (exact) mass is 265 g/mol. The molecule has 1 fully saturated rings. The average Bonchev–Trinajstić information content (AvgIpc) is 2.42. The summed E-state index contributed by atoms with van der Waals surface area (Å²) in [4.78, 5) is 0. The lowest BCUT2D eigenvalue weighted by atomic mass is 9.93. The van der Waals surface area contributed by atoms with E-state index in [0.717, 1.165) is 37.1 Å². The van der Waals surface area contributed by atoms with Gasteiger partial charge in [-0.15, -0.1) is 0 Å². The van der Waals surface area contributed by atoms with Crippen molar-refractivity contribution < 1.29 is 9.13 Å². The third-order valence-corrected chi connectivity index (χ3v) is 3.84. The molecule has 1 N–H and O–H groups in total. The number of nitrogens with one attached hydrogen (secondary N) is 1. The first kappa shape index (κ1) is 14.5. The normalized spacial score (nSPS) is 21.3.